The maximum Gasteiger partial charge on any atom is 0.326 e. The number of carboxylic acids is 1. The summed E-state index contributed by atoms with van der Waals surface area (Å²) in [6, 6.07) is 3.58. The third kappa shape index (κ3) is 8.18. The summed E-state index contributed by atoms with van der Waals surface area (Å²) >= 11 is 0. The van der Waals surface area contributed by atoms with Gasteiger partial charge in [-0.2, -0.15) is 0 Å². The molecular formula is C22H32N4O6. The fraction of sp³-hybridized carbons (Fsp3) is 0.545. The molecule has 0 saturated carbocycles. The fourth-order valence-electron chi connectivity index (χ4n) is 3.49. The first-order valence-corrected chi connectivity index (χ1v) is 10.8. The Labute approximate surface area is 187 Å². The number of hydrogen-bond acceptors (Lipinski definition) is 6. The Hall–Kier alpha value is -3.14. The number of carbonyl (C=O) groups excluding carboxylic acids is 3. The number of aromatic hydroxyl groups is 1. The monoisotopic (exact) mass is 448 g/mol. The van der Waals surface area contributed by atoms with Crippen molar-refractivity contribution in [3.05, 3.63) is 29.8 Å². The predicted molar refractivity (Wildman–Crippen MR) is 117 cm³/mol. The number of amides is 3. The van der Waals surface area contributed by atoms with Crippen LogP contribution < -0.4 is 21.3 Å². The Morgan fingerprint density at radius 3 is 2.34 bits per heavy atom. The highest BCUT2D eigenvalue weighted by atomic mass is 16.4. The summed E-state index contributed by atoms with van der Waals surface area (Å²) in [5.74, 6) is -2.49. The van der Waals surface area contributed by atoms with Gasteiger partial charge in [0.1, 0.15) is 17.8 Å². The molecule has 10 heteroatoms. The molecule has 1 aliphatic rings. The third-order valence-electron chi connectivity index (χ3n) is 5.15. The molecule has 2 rings (SSSR count). The van der Waals surface area contributed by atoms with Gasteiger partial charge < -0.3 is 31.5 Å². The van der Waals surface area contributed by atoms with Crippen LogP contribution in [0.25, 0.3) is 0 Å². The van der Waals surface area contributed by atoms with Gasteiger partial charge in [0.2, 0.25) is 17.7 Å². The molecule has 1 fully saturated rings. The summed E-state index contributed by atoms with van der Waals surface area (Å²) < 4.78 is 0. The van der Waals surface area contributed by atoms with Crippen LogP contribution >= 0.6 is 0 Å². The van der Waals surface area contributed by atoms with Gasteiger partial charge in [-0.05, 0) is 49.4 Å². The minimum Gasteiger partial charge on any atom is -0.508 e. The van der Waals surface area contributed by atoms with Gasteiger partial charge in [0.05, 0.1) is 12.6 Å². The molecule has 0 aromatic heterocycles. The maximum absolute atomic E-state index is 12.8. The highest BCUT2D eigenvalue weighted by Gasteiger charge is 2.28. The third-order valence-corrected chi connectivity index (χ3v) is 5.15. The second-order valence-corrected chi connectivity index (χ2v) is 8.39. The molecule has 3 atom stereocenters. The van der Waals surface area contributed by atoms with Crippen molar-refractivity contribution in [2.24, 2.45) is 5.92 Å². The number of aliphatic carboxylic acids is 1. The van der Waals surface area contributed by atoms with E-state index in [0.29, 0.717) is 18.4 Å². The normalized spacial score (nSPS) is 17.4. The first-order valence-electron chi connectivity index (χ1n) is 10.8. The van der Waals surface area contributed by atoms with E-state index in [0.717, 1.165) is 13.0 Å². The number of hydrogen-bond donors (Lipinski definition) is 6. The van der Waals surface area contributed by atoms with Crippen LogP contribution in [0.4, 0.5) is 0 Å². The molecule has 6 N–H and O–H groups in total. The smallest absolute Gasteiger partial charge is 0.326 e. The van der Waals surface area contributed by atoms with Crippen molar-refractivity contribution in [3.8, 4) is 5.75 Å². The van der Waals surface area contributed by atoms with Gasteiger partial charge in [0.15, 0.2) is 0 Å². The average Bonchev–Trinajstić information content (AvgIpc) is 3.27. The van der Waals surface area contributed by atoms with Crippen LogP contribution in [-0.4, -0.2) is 65.1 Å². The molecule has 0 aliphatic carbocycles. The zero-order valence-electron chi connectivity index (χ0n) is 18.4. The summed E-state index contributed by atoms with van der Waals surface area (Å²) in [7, 11) is 0. The second-order valence-electron chi connectivity index (χ2n) is 8.39. The Kier molecular flexibility index (Phi) is 9.45. The van der Waals surface area contributed by atoms with Gasteiger partial charge in [0.25, 0.3) is 0 Å². The van der Waals surface area contributed by atoms with Gasteiger partial charge in [-0.1, -0.05) is 26.0 Å². The van der Waals surface area contributed by atoms with Gasteiger partial charge in [-0.3, -0.25) is 14.4 Å². The van der Waals surface area contributed by atoms with Gasteiger partial charge in [0, 0.05) is 6.42 Å². The molecule has 1 aromatic rings. The molecule has 3 unspecified atom stereocenters. The van der Waals surface area contributed by atoms with Crippen molar-refractivity contribution >= 4 is 23.7 Å². The standard InChI is InChI=1S/C22H32N4O6/c1-13(2)10-17(25-19(28)12-24-20(29)16-4-3-9-23-16)21(30)26-18(22(31)32)11-14-5-7-15(27)8-6-14/h5-8,13,16-18,23,27H,3-4,9-12H2,1-2H3,(H,24,29)(H,25,28)(H,26,30)(H,31,32). The zero-order chi connectivity index (χ0) is 23.7. The van der Waals surface area contributed by atoms with E-state index in [1.165, 1.54) is 12.1 Å². The van der Waals surface area contributed by atoms with E-state index >= 15 is 0 Å². The highest BCUT2D eigenvalue weighted by molar-refractivity contribution is 5.92. The second kappa shape index (κ2) is 12.0. The number of benzene rings is 1. The number of carboxylic acid groups (broad SMARTS) is 1. The Bertz CT molecular complexity index is 805. The first-order chi connectivity index (χ1) is 15.2. The van der Waals surface area contributed by atoms with E-state index in [9.17, 15) is 29.4 Å². The minimum absolute atomic E-state index is 0.0220. The maximum atomic E-state index is 12.8. The number of phenolic OH excluding ortho intramolecular Hbond substituents is 1. The lowest BCUT2D eigenvalue weighted by Gasteiger charge is -2.23. The van der Waals surface area contributed by atoms with Crippen LogP contribution in [0.15, 0.2) is 24.3 Å². The molecule has 32 heavy (non-hydrogen) atoms. The van der Waals surface area contributed by atoms with Crippen LogP contribution in [0.3, 0.4) is 0 Å². The molecule has 1 heterocycles. The molecule has 0 radical (unpaired) electrons. The van der Waals surface area contributed by atoms with E-state index in [4.69, 9.17) is 0 Å². The summed E-state index contributed by atoms with van der Waals surface area (Å²) in [6.45, 7) is 4.25. The largest absolute Gasteiger partial charge is 0.508 e. The number of phenols is 1. The van der Waals surface area contributed by atoms with E-state index < -0.39 is 29.9 Å². The molecule has 3 amide bonds. The van der Waals surface area contributed by atoms with Gasteiger partial charge in [-0.15, -0.1) is 0 Å². The van der Waals surface area contributed by atoms with Crippen LogP contribution in [0, 0.1) is 5.92 Å². The summed E-state index contributed by atoms with van der Waals surface area (Å²) in [5.41, 5.74) is 0.628. The van der Waals surface area contributed by atoms with Crippen LogP contribution in [0.2, 0.25) is 0 Å². The topological polar surface area (TPSA) is 157 Å². The Morgan fingerprint density at radius 2 is 1.78 bits per heavy atom. The lowest BCUT2D eigenvalue weighted by Crippen LogP contribution is -2.54. The summed E-state index contributed by atoms with van der Waals surface area (Å²) in [4.78, 5) is 48.8. The van der Waals surface area contributed by atoms with Crippen molar-refractivity contribution in [2.75, 3.05) is 13.1 Å². The van der Waals surface area contributed by atoms with Crippen LogP contribution in [0.1, 0.15) is 38.7 Å². The summed E-state index contributed by atoms with van der Waals surface area (Å²) in [5, 5.41) is 29.6. The van der Waals surface area contributed by atoms with Crippen molar-refractivity contribution in [3.63, 3.8) is 0 Å². The highest BCUT2D eigenvalue weighted by Crippen LogP contribution is 2.12. The fourth-order valence-corrected chi connectivity index (χ4v) is 3.49. The van der Waals surface area contributed by atoms with Crippen LogP contribution in [0.5, 0.6) is 5.75 Å². The Morgan fingerprint density at radius 1 is 1.09 bits per heavy atom. The molecule has 0 bridgehead atoms. The molecule has 10 nitrogen and oxygen atoms in total. The number of carbonyl (C=O) groups is 4. The lowest BCUT2D eigenvalue weighted by atomic mass is 10.0. The van der Waals surface area contributed by atoms with E-state index in [1.54, 1.807) is 12.1 Å². The molecule has 0 spiro atoms. The van der Waals surface area contributed by atoms with Crippen molar-refractivity contribution < 1.29 is 29.4 Å². The van der Waals surface area contributed by atoms with E-state index in [1.807, 2.05) is 13.8 Å². The van der Waals surface area contributed by atoms with Crippen molar-refractivity contribution in [1.82, 2.24) is 21.3 Å². The average molecular weight is 449 g/mol. The molecule has 1 aromatic carbocycles. The molecular weight excluding hydrogens is 416 g/mol. The van der Waals surface area contributed by atoms with E-state index in [2.05, 4.69) is 21.3 Å². The first kappa shape index (κ1) is 25.1. The molecule has 1 saturated heterocycles. The molecule has 176 valence electrons. The van der Waals surface area contributed by atoms with Gasteiger partial charge >= 0.3 is 5.97 Å². The minimum atomic E-state index is -1.21. The van der Waals surface area contributed by atoms with Crippen molar-refractivity contribution in [1.29, 1.82) is 0 Å². The quantitative estimate of drug-likeness (QED) is 0.276. The number of rotatable bonds is 11. The SMILES string of the molecule is CC(C)CC(NC(=O)CNC(=O)C1CCCN1)C(=O)NC(Cc1ccc(O)cc1)C(=O)O. The van der Waals surface area contributed by atoms with Crippen LogP contribution in [-0.2, 0) is 25.6 Å². The summed E-state index contributed by atoms with van der Waals surface area (Å²) in [6.07, 6.45) is 1.94. The van der Waals surface area contributed by atoms with E-state index in [-0.39, 0.29) is 36.6 Å². The Balaban J connectivity index is 1.95. The predicted octanol–water partition coefficient (Wildman–Crippen LogP) is -0.0968. The number of nitrogens with one attached hydrogen (secondary N) is 4. The lowest BCUT2D eigenvalue weighted by molar-refractivity contribution is -0.142. The van der Waals surface area contributed by atoms with Crippen molar-refractivity contribution in [2.45, 2.75) is 57.7 Å². The zero-order valence-corrected chi connectivity index (χ0v) is 18.4. The molecule has 1 aliphatic heterocycles. The van der Waals surface area contributed by atoms with Gasteiger partial charge in [-0.25, -0.2) is 4.79 Å².